The molecule has 0 aliphatic rings. The van der Waals surface area contributed by atoms with Crippen LogP contribution in [0.15, 0.2) is 41.8 Å². The van der Waals surface area contributed by atoms with Crippen LogP contribution in [0.2, 0.25) is 0 Å². The molecule has 1 atom stereocenters. The molecule has 0 spiro atoms. The predicted molar refractivity (Wildman–Crippen MR) is 102 cm³/mol. The number of carbonyl (C=O) groups excluding carboxylic acids is 2. The average Bonchev–Trinajstić information content (AvgIpc) is 3.14. The van der Waals surface area contributed by atoms with Crippen LogP contribution in [0.25, 0.3) is 0 Å². The maximum absolute atomic E-state index is 12.4. The Kier molecular flexibility index (Phi) is 6.33. The number of benzene rings is 1. The minimum Gasteiger partial charge on any atom is -0.347 e. The van der Waals surface area contributed by atoms with Gasteiger partial charge in [-0.25, -0.2) is 0 Å². The Labute approximate surface area is 152 Å². The van der Waals surface area contributed by atoms with Gasteiger partial charge >= 0.3 is 0 Å². The predicted octanol–water partition coefficient (Wildman–Crippen LogP) is 2.78. The Balaban J connectivity index is 1.95. The van der Waals surface area contributed by atoms with Crippen molar-refractivity contribution < 1.29 is 9.59 Å². The van der Waals surface area contributed by atoms with Crippen molar-refractivity contribution in [2.75, 3.05) is 6.54 Å². The van der Waals surface area contributed by atoms with E-state index in [0.29, 0.717) is 23.5 Å². The number of nitrogens with two attached hydrogens (primary N) is 1. The molecule has 5 nitrogen and oxygen atoms in total. The lowest BCUT2D eigenvalue weighted by Crippen LogP contribution is -2.55. The first-order valence-electron chi connectivity index (χ1n) is 8.29. The smallest absolute Gasteiger partial charge is 0.261 e. The van der Waals surface area contributed by atoms with Gasteiger partial charge < -0.3 is 16.4 Å². The minimum atomic E-state index is -0.440. The molecular weight excluding hydrogens is 334 g/mol. The topological polar surface area (TPSA) is 84.2 Å². The first kappa shape index (κ1) is 19.1. The van der Waals surface area contributed by atoms with Gasteiger partial charge in [-0.2, -0.15) is 0 Å². The average molecular weight is 359 g/mol. The van der Waals surface area contributed by atoms with Crippen LogP contribution in [0.4, 0.5) is 0 Å². The summed E-state index contributed by atoms with van der Waals surface area (Å²) in [5.41, 5.74) is 6.89. The Bertz CT molecular complexity index is 711. The lowest BCUT2D eigenvalue weighted by Gasteiger charge is -2.33. The van der Waals surface area contributed by atoms with E-state index in [2.05, 4.69) is 10.6 Å². The highest BCUT2D eigenvalue weighted by molar-refractivity contribution is 7.12. The third kappa shape index (κ3) is 4.90. The first-order valence-corrected chi connectivity index (χ1v) is 9.17. The number of carbonyl (C=O) groups is 2. The van der Waals surface area contributed by atoms with E-state index in [4.69, 9.17) is 5.73 Å². The van der Waals surface area contributed by atoms with Crippen LogP contribution in [0.3, 0.4) is 0 Å². The van der Waals surface area contributed by atoms with Crippen molar-refractivity contribution in [1.29, 1.82) is 0 Å². The molecule has 4 N–H and O–H groups in total. The van der Waals surface area contributed by atoms with Gasteiger partial charge in [0.15, 0.2) is 0 Å². The molecule has 0 saturated carbocycles. The molecule has 2 amide bonds. The van der Waals surface area contributed by atoms with Gasteiger partial charge in [0.2, 0.25) is 0 Å². The third-order valence-electron chi connectivity index (χ3n) is 4.51. The molecule has 0 bridgehead atoms. The van der Waals surface area contributed by atoms with E-state index in [1.165, 1.54) is 11.3 Å². The Morgan fingerprint density at radius 3 is 2.36 bits per heavy atom. The maximum Gasteiger partial charge on any atom is 0.261 e. The van der Waals surface area contributed by atoms with E-state index in [9.17, 15) is 9.59 Å². The lowest BCUT2D eigenvalue weighted by molar-refractivity contribution is 0.0882. The third-order valence-corrected chi connectivity index (χ3v) is 5.38. The molecule has 0 radical (unpaired) electrons. The maximum atomic E-state index is 12.4. The van der Waals surface area contributed by atoms with Gasteiger partial charge in [-0.15, -0.1) is 11.3 Å². The summed E-state index contributed by atoms with van der Waals surface area (Å²) >= 11 is 1.41. The van der Waals surface area contributed by atoms with Gasteiger partial charge in [0, 0.05) is 18.7 Å². The van der Waals surface area contributed by atoms with Crippen molar-refractivity contribution >= 4 is 23.2 Å². The normalized spacial score (nSPS) is 13.3. The van der Waals surface area contributed by atoms with Crippen LogP contribution in [0.1, 0.15) is 46.4 Å². The van der Waals surface area contributed by atoms with Crippen molar-refractivity contribution in [2.24, 2.45) is 11.7 Å². The fraction of sp³-hybridized carbons (Fsp3) is 0.368. The summed E-state index contributed by atoms with van der Waals surface area (Å²) < 4.78 is 0. The zero-order chi connectivity index (χ0) is 18.4. The van der Waals surface area contributed by atoms with Crippen molar-refractivity contribution in [1.82, 2.24) is 10.6 Å². The van der Waals surface area contributed by atoms with Crippen molar-refractivity contribution in [2.45, 2.75) is 32.9 Å². The summed E-state index contributed by atoms with van der Waals surface area (Å²) in [6.07, 6.45) is 0. The number of hydrogen-bond donors (Lipinski definition) is 3. The second-order valence-electron chi connectivity index (χ2n) is 6.59. The van der Waals surface area contributed by atoms with Gasteiger partial charge in [-0.1, -0.05) is 32.0 Å². The highest BCUT2D eigenvalue weighted by Crippen LogP contribution is 2.16. The van der Waals surface area contributed by atoms with Gasteiger partial charge in [0.25, 0.3) is 11.8 Å². The summed E-state index contributed by atoms with van der Waals surface area (Å²) in [6.45, 7) is 6.82. The van der Waals surface area contributed by atoms with E-state index in [1.54, 1.807) is 18.2 Å². The molecule has 0 fully saturated rings. The standard InChI is InChI=1S/C19H25N3O2S/c1-13(2)19(3,12-20)22-17(23)15-8-6-14(7-9-15)11-21-18(24)16-5-4-10-25-16/h4-10,13H,11-12,20H2,1-3H3,(H,21,24)(H,22,23). The highest BCUT2D eigenvalue weighted by atomic mass is 32.1. The molecule has 0 saturated heterocycles. The van der Waals surface area contributed by atoms with Crippen molar-refractivity contribution in [3.05, 3.63) is 57.8 Å². The van der Waals surface area contributed by atoms with Gasteiger partial charge in [-0.3, -0.25) is 9.59 Å². The Hall–Kier alpha value is -2.18. The van der Waals surface area contributed by atoms with Gasteiger partial charge in [0.1, 0.15) is 0 Å². The van der Waals surface area contributed by atoms with E-state index in [1.807, 2.05) is 44.4 Å². The summed E-state index contributed by atoms with van der Waals surface area (Å²) in [5.74, 6) is -0.00327. The van der Waals surface area contributed by atoms with Crippen molar-refractivity contribution in [3.63, 3.8) is 0 Å². The highest BCUT2D eigenvalue weighted by Gasteiger charge is 2.28. The Morgan fingerprint density at radius 1 is 1.16 bits per heavy atom. The molecular formula is C19H25N3O2S. The molecule has 1 unspecified atom stereocenters. The fourth-order valence-corrected chi connectivity index (χ4v) is 2.85. The number of thiophene rings is 1. The number of rotatable bonds is 7. The summed E-state index contributed by atoms with van der Waals surface area (Å²) in [4.78, 5) is 25.0. The van der Waals surface area contributed by atoms with Crippen LogP contribution in [0, 0.1) is 5.92 Å². The zero-order valence-corrected chi connectivity index (χ0v) is 15.7. The summed E-state index contributed by atoms with van der Waals surface area (Å²) in [7, 11) is 0. The van der Waals surface area contributed by atoms with Gasteiger partial charge in [0.05, 0.1) is 10.4 Å². The fourth-order valence-electron chi connectivity index (χ4n) is 2.21. The molecule has 134 valence electrons. The van der Waals surface area contributed by atoms with Gasteiger partial charge in [-0.05, 0) is 42.0 Å². The second-order valence-corrected chi connectivity index (χ2v) is 7.54. The molecule has 1 heterocycles. The van der Waals surface area contributed by atoms with Crippen LogP contribution in [-0.2, 0) is 6.54 Å². The van der Waals surface area contributed by atoms with E-state index in [0.717, 1.165) is 5.56 Å². The number of nitrogens with one attached hydrogen (secondary N) is 2. The second kappa shape index (κ2) is 8.27. The quantitative estimate of drug-likeness (QED) is 0.711. The molecule has 2 aromatic rings. The molecule has 1 aromatic carbocycles. The van der Waals surface area contributed by atoms with E-state index in [-0.39, 0.29) is 17.7 Å². The molecule has 2 rings (SSSR count). The molecule has 6 heteroatoms. The van der Waals surface area contributed by atoms with Crippen LogP contribution >= 0.6 is 11.3 Å². The lowest BCUT2D eigenvalue weighted by atomic mass is 9.88. The number of amides is 2. The van der Waals surface area contributed by atoms with Crippen LogP contribution < -0.4 is 16.4 Å². The molecule has 0 aliphatic carbocycles. The van der Waals surface area contributed by atoms with Crippen molar-refractivity contribution in [3.8, 4) is 0 Å². The van der Waals surface area contributed by atoms with E-state index >= 15 is 0 Å². The SMILES string of the molecule is CC(C)C(C)(CN)NC(=O)c1ccc(CNC(=O)c2cccs2)cc1. The zero-order valence-electron chi connectivity index (χ0n) is 14.8. The largest absolute Gasteiger partial charge is 0.347 e. The minimum absolute atomic E-state index is 0.0903. The van der Waals surface area contributed by atoms with Crippen LogP contribution in [0.5, 0.6) is 0 Å². The summed E-state index contributed by atoms with van der Waals surface area (Å²) in [6, 6.07) is 10.9. The Morgan fingerprint density at radius 2 is 1.84 bits per heavy atom. The monoisotopic (exact) mass is 359 g/mol. The summed E-state index contributed by atoms with van der Waals surface area (Å²) in [5, 5.41) is 7.75. The van der Waals surface area contributed by atoms with E-state index < -0.39 is 5.54 Å². The molecule has 0 aliphatic heterocycles. The molecule has 25 heavy (non-hydrogen) atoms. The number of hydrogen-bond acceptors (Lipinski definition) is 4. The van der Waals surface area contributed by atoms with Crippen LogP contribution in [-0.4, -0.2) is 23.9 Å². The molecule has 1 aromatic heterocycles. The first-order chi connectivity index (χ1) is 11.9.